The third kappa shape index (κ3) is 4.36. The molecule has 1 aromatic heterocycles. The predicted octanol–water partition coefficient (Wildman–Crippen LogP) is 2.50. The largest absolute Gasteiger partial charge is 0.378 e. The van der Waals surface area contributed by atoms with Crippen LogP contribution < -0.4 is 0 Å². The van der Waals surface area contributed by atoms with Crippen molar-refractivity contribution in [3.63, 3.8) is 0 Å². The number of piperidine rings is 1. The minimum Gasteiger partial charge on any atom is -0.378 e. The molecule has 4 rings (SSSR count). The number of hydrogen-bond acceptors (Lipinski definition) is 6. The molecule has 2 fully saturated rings. The molecule has 1 aliphatic heterocycles. The van der Waals surface area contributed by atoms with Gasteiger partial charge < -0.3 is 9.26 Å². The molecule has 1 saturated heterocycles. The van der Waals surface area contributed by atoms with E-state index < -0.39 is 15.8 Å². The van der Waals surface area contributed by atoms with Crippen LogP contribution in [0.3, 0.4) is 0 Å². The molecular formula is C18H22FN3O4S. The Morgan fingerprint density at radius 3 is 2.52 bits per heavy atom. The molecule has 0 amide bonds. The maximum absolute atomic E-state index is 13.0. The summed E-state index contributed by atoms with van der Waals surface area (Å²) in [6.45, 7) is 1.26. The van der Waals surface area contributed by atoms with Crippen LogP contribution in [-0.4, -0.2) is 48.7 Å². The van der Waals surface area contributed by atoms with Gasteiger partial charge in [-0.05, 0) is 49.9 Å². The first-order chi connectivity index (χ1) is 13.0. The van der Waals surface area contributed by atoms with Crippen LogP contribution in [0.4, 0.5) is 4.39 Å². The predicted molar refractivity (Wildman–Crippen MR) is 94.1 cm³/mol. The Bertz CT molecular complexity index is 872. The van der Waals surface area contributed by atoms with Crippen molar-refractivity contribution in [2.75, 3.05) is 19.7 Å². The molecule has 0 atom stereocenters. The standard InChI is InChI=1S/C18H22FN3O4S/c19-14-3-5-16(6-4-14)27(23,24)22-10-7-15(8-11-22)25-12-9-17-20-18(26-21-17)13-1-2-13/h3-6,13,15H,1-2,7-12H2. The van der Waals surface area contributed by atoms with Gasteiger partial charge in [0, 0.05) is 25.4 Å². The van der Waals surface area contributed by atoms with E-state index in [-0.39, 0.29) is 11.0 Å². The molecule has 0 N–H and O–H groups in total. The van der Waals surface area contributed by atoms with Gasteiger partial charge in [-0.2, -0.15) is 9.29 Å². The first-order valence-electron chi connectivity index (χ1n) is 9.22. The SMILES string of the molecule is O=S(=O)(c1ccc(F)cc1)N1CCC(OCCc2noc(C3CC3)n2)CC1. The molecule has 1 aromatic carbocycles. The molecule has 0 radical (unpaired) electrons. The molecule has 2 aliphatic rings. The minimum atomic E-state index is -3.59. The van der Waals surface area contributed by atoms with Gasteiger partial charge in [-0.3, -0.25) is 0 Å². The van der Waals surface area contributed by atoms with Gasteiger partial charge in [0.15, 0.2) is 5.82 Å². The van der Waals surface area contributed by atoms with Crippen LogP contribution in [0.2, 0.25) is 0 Å². The number of halogens is 1. The molecular weight excluding hydrogens is 373 g/mol. The van der Waals surface area contributed by atoms with E-state index in [4.69, 9.17) is 9.26 Å². The fraction of sp³-hybridized carbons (Fsp3) is 0.556. The number of benzene rings is 1. The van der Waals surface area contributed by atoms with Gasteiger partial charge in [-0.15, -0.1) is 0 Å². The molecule has 0 unspecified atom stereocenters. The quantitative estimate of drug-likeness (QED) is 0.716. The topological polar surface area (TPSA) is 85.5 Å². The first-order valence-corrected chi connectivity index (χ1v) is 10.7. The lowest BCUT2D eigenvalue weighted by atomic mass is 10.1. The highest BCUT2D eigenvalue weighted by Gasteiger charge is 2.31. The number of ether oxygens (including phenoxy) is 1. The van der Waals surface area contributed by atoms with E-state index in [1.54, 1.807) is 0 Å². The maximum atomic E-state index is 13.0. The zero-order chi connectivity index (χ0) is 18.9. The van der Waals surface area contributed by atoms with Crippen LogP contribution in [0.1, 0.15) is 43.3 Å². The first kappa shape index (κ1) is 18.5. The Hall–Kier alpha value is -1.84. The molecule has 7 nitrogen and oxygen atoms in total. The summed E-state index contributed by atoms with van der Waals surface area (Å²) in [4.78, 5) is 4.48. The van der Waals surface area contributed by atoms with E-state index in [9.17, 15) is 12.8 Å². The maximum Gasteiger partial charge on any atom is 0.243 e. The molecule has 0 bridgehead atoms. The molecule has 2 heterocycles. The van der Waals surface area contributed by atoms with Crippen molar-refractivity contribution in [3.8, 4) is 0 Å². The molecule has 27 heavy (non-hydrogen) atoms. The fourth-order valence-corrected chi connectivity index (χ4v) is 4.65. The average Bonchev–Trinajstić information content (AvgIpc) is 3.41. The Balaban J connectivity index is 1.24. The highest BCUT2D eigenvalue weighted by molar-refractivity contribution is 7.89. The van der Waals surface area contributed by atoms with Crippen molar-refractivity contribution in [1.82, 2.24) is 14.4 Å². The van der Waals surface area contributed by atoms with Gasteiger partial charge in [0.25, 0.3) is 0 Å². The monoisotopic (exact) mass is 395 g/mol. The van der Waals surface area contributed by atoms with E-state index in [1.165, 1.54) is 16.4 Å². The lowest BCUT2D eigenvalue weighted by molar-refractivity contribution is 0.0222. The zero-order valence-electron chi connectivity index (χ0n) is 14.9. The van der Waals surface area contributed by atoms with Crippen LogP contribution in [0.15, 0.2) is 33.7 Å². The van der Waals surface area contributed by atoms with Crippen molar-refractivity contribution in [1.29, 1.82) is 0 Å². The van der Waals surface area contributed by atoms with Gasteiger partial charge in [0.05, 0.1) is 17.6 Å². The Labute approximate surface area is 157 Å². The van der Waals surface area contributed by atoms with Crippen LogP contribution >= 0.6 is 0 Å². The van der Waals surface area contributed by atoms with Crippen LogP contribution in [-0.2, 0) is 21.2 Å². The second-order valence-electron chi connectivity index (χ2n) is 7.00. The number of nitrogens with zero attached hydrogens (tertiary/aromatic N) is 3. The van der Waals surface area contributed by atoms with Crippen LogP contribution in [0.5, 0.6) is 0 Å². The summed E-state index contributed by atoms with van der Waals surface area (Å²) in [6.07, 6.45) is 4.10. The van der Waals surface area contributed by atoms with Crippen molar-refractivity contribution in [2.45, 2.75) is 49.0 Å². The number of aromatic nitrogens is 2. The molecule has 0 spiro atoms. The second kappa shape index (κ2) is 7.65. The van der Waals surface area contributed by atoms with E-state index in [2.05, 4.69) is 10.1 Å². The summed E-state index contributed by atoms with van der Waals surface area (Å²) in [6, 6.07) is 4.92. The number of sulfonamides is 1. The minimum absolute atomic E-state index is 0.0134. The lowest BCUT2D eigenvalue weighted by Gasteiger charge is -2.31. The van der Waals surface area contributed by atoms with Crippen LogP contribution in [0.25, 0.3) is 0 Å². The molecule has 146 valence electrons. The smallest absolute Gasteiger partial charge is 0.243 e. The van der Waals surface area contributed by atoms with Gasteiger partial charge in [-0.25, -0.2) is 12.8 Å². The Kier molecular flexibility index (Phi) is 5.25. The molecule has 1 aliphatic carbocycles. The summed E-state index contributed by atoms with van der Waals surface area (Å²) in [5.41, 5.74) is 0. The lowest BCUT2D eigenvalue weighted by Crippen LogP contribution is -2.41. The van der Waals surface area contributed by atoms with Crippen molar-refractivity contribution < 1.29 is 22.1 Å². The third-order valence-corrected chi connectivity index (χ3v) is 6.85. The van der Waals surface area contributed by atoms with E-state index in [0.717, 1.165) is 30.9 Å². The molecule has 1 saturated carbocycles. The number of rotatable bonds is 7. The van der Waals surface area contributed by atoms with Crippen molar-refractivity contribution in [2.24, 2.45) is 0 Å². The Morgan fingerprint density at radius 1 is 1.15 bits per heavy atom. The highest BCUT2D eigenvalue weighted by atomic mass is 32.2. The summed E-state index contributed by atoms with van der Waals surface area (Å²) in [5, 5.41) is 3.96. The van der Waals surface area contributed by atoms with Gasteiger partial charge in [0.1, 0.15) is 5.82 Å². The summed E-state index contributed by atoms with van der Waals surface area (Å²) in [5.74, 6) is 1.38. The molecule has 9 heteroatoms. The van der Waals surface area contributed by atoms with Gasteiger partial charge >= 0.3 is 0 Å². The normalized spacial score (nSPS) is 19.4. The second-order valence-corrected chi connectivity index (χ2v) is 8.94. The van der Waals surface area contributed by atoms with Crippen molar-refractivity contribution >= 4 is 10.0 Å². The van der Waals surface area contributed by atoms with E-state index in [1.807, 2.05) is 0 Å². The fourth-order valence-electron chi connectivity index (χ4n) is 3.18. The third-order valence-electron chi connectivity index (χ3n) is 4.94. The summed E-state index contributed by atoms with van der Waals surface area (Å²) in [7, 11) is -3.59. The number of hydrogen-bond donors (Lipinski definition) is 0. The molecule has 2 aromatic rings. The van der Waals surface area contributed by atoms with Crippen molar-refractivity contribution in [3.05, 3.63) is 41.8 Å². The summed E-state index contributed by atoms with van der Waals surface area (Å²) < 4.78 is 50.7. The van der Waals surface area contributed by atoms with Crippen LogP contribution in [0, 0.1) is 5.82 Å². The van der Waals surface area contributed by atoms with Gasteiger partial charge in [-0.1, -0.05) is 5.16 Å². The highest BCUT2D eigenvalue weighted by Crippen LogP contribution is 2.38. The van der Waals surface area contributed by atoms with E-state index in [0.29, 0.717) is 50.7 Å². The summed E-state index contributed by atoms with van der Waals surface area (Å²) >= 11 is 0. The average molecular weight is 395 g/mol. The Morgan fingerprint density at radius 2 is 1.85 bits per heavy atom. The zero-order valence-corrected chi connectivity index (χ0v) is 15.7. The van der Waals surface area contributed by atoms with E-state index >= 15 is 0 Å². The van der Waals surface area contributed by atoms with Gasteiger partial charge in [0.2, 0.25) is 15.9 Å².